The highest BCUT2D eigenvalue weighted by Crippen LogP contribution is 2.32. The molecule has 3 nitrogen and oxygen atoms in total. The molecule has 1 heterocycles. The van der Waals surface area contributed by atoms with E-state index in [0.717, 1.165) is 33.1 Å². The van der Waals surface area contributed by atoms with Gasteiger partial charge in [0.1, 0.15) is 0 Å². The highest BCUT2D eigenvalue weighted by molar-refractivity contribution is 9.10. The Balaban J connectivity index is 2.21. The SMILES string of the molecule is CCC(C)c1nc(N(C)Cc2ccccc2Br)sc1CO. The van der Waals surface area contributed by atoms with E-state index in [1.165, 1.54) is 5.56 Å². The second-order valence-electron chi connectivity index (χ2n) is 5.22. The molecule has 114 valence electrons. The molecular weight excluding hydrogens is 348 g/mol. The van der Waals surface area contributed by atoms with Crippen LogP contribution in [0.3, 0.4) is 0 Å². The van der Waals surface area contributed by atoms with Gasteiger partial charge in [0.15, 0.2) is 5.13 Å². The topological polar surface area (TPSA) is 36.4 Å². The van der Waals surface area contributed by atoms with Crippen LogP contribution in [0.4, 0.5) is 5.13 Å². The maximum atomic E-state index is 9.54. The number of aliphatic hydroxyl groups is 1. The molecule has 21 heavy (non-hydrogen) atoms. The van der Waals surface area contributed by atoms with Crippen LogP contribution < -0.4 is 4.90 Å². The van der Waals surface area contributed by atoms with Gasteiger partial charge in [-0.2, -0.15) is 0 Å². The Kier molecular flexibility index (Phi) is 5.79. The number of rotatable bonds is 6. The van der Waals surface area contributed by atoms with Gasteiger partial charge in [-0.3, -0.25) is 0 Å². The summed E-state index contributed by atoms with van der Waals surface area (Å²) < 4.78 is 1.11. The number of anilines is 1. The average Bonchev–Trinajstić information content (AvgIpc) is 2.93. The molecule has 1 N–H and O–H groups in total. The third-order valence-electron chi connectivity index (χ3n) is 3.63. The Morgan fingerprint density at radius 2 is 2.10 bits per heavy atom. The second-order valence-corrected chi connectivity index (χ2v) is 7.14. The maximum absolute atomic E-state index is 9.54. The molecule has 2 aromatic rings. The zero-order valence-corrected chi connectivity index (χ0v) is 15.0. The monoisotopic (exact) mass is 368 g/mol. The van der Waals surface area contributed by atoms with Crippen LogP contribution in [0.1, 0.15) is 42.3 Å². The van der Waals surface area contributed by atoms with Crippen molar-refractivity contribution in [3.63, 3.8) is 0 Å². The van der Waals surface area contributed by atoms with E-state index in [9.17, 15) is 5.11 Å². The number of nitrogens with zero attached hydrogens (tertiary/aromatic N) is 2. The summed E-state index contributed by atoms with van der Waals surface area (Å²) in [4.78, 5) is 7.87. The molecule has 1 aromatic heterocycles. The van der Waals surface area contributed by atoms with Crippen LogP contribution in [0.25, 0.3) is 0 Å². The molecule has 1 unspecified atom stereocenters. The molecule has 0 bridgehead atoms. The third kappa shape index (κ3) is 3.84. The molecule has 1 aromatic carbocycles. The van der Waals surface area contributed by atoms with Crippen molar-refractivity contribution in [2.45, 2.75) is 39.3 Å². The largest absolute Gasteiger partial charge is 0.391 e. The first-order chi connectivity index (χ1) is 10.1. The predicted octanol–water partition coefficient (Wildman–Crippen LogP) is 4.55. The van der Waals surface area contributed by atoms with Gasteiger partial charge in [0.25, 0.3) is 0 Å². The summed E-state index contributed by atoms with van der Waals surface area (Å²) in [5, 5.41) is 10.5. The van der Waals surface area contributed by atoms with Crippen molar-refractivity contribution in [3.05, 3.63) is 44.9 Å². The first-order valence-corrected chi connectivity index (χ1v) is 8.72. The van der Waals surface area contributed by atoms with E-state index in [1.807, 2.05) is 19.2 Å². The first-order valence-electron chi connectivity index (χ1n) is 7.11. The van der Waals surface area contributed by atoms with E-state index in [1.54, 1.807) is 11.3 Å². The molecule has 0 aliphatic carbocycles. The van der Waals surface area contributed by atoms with E-state index >= 15 is 0 Å². The normalized spacial score (nSPS) is 12.4. The van der Waals surface area contributed by atoms with Crippen molar-refractivity contribution in [2.75, 3.05) is 11.9 Å². The van der Waals surface area contributed by atoms with Gasteiger partial charge in [0, 0.05) is 18.1 Å². The second kappa shape index (κ2) is 7.38. The number of thiazole rings is 1. The molecule has 0 radical (unpaired) electrons. The molecule has 0 fully saturated rings. The van der Waals surface area contributed by atoms with Crippen molar-refractivity contribution in [1.29, 1.82) is 0 Å². The number of halogens is 1. The van der Waals surface area contributed by atoms with E-state index in [2.05, 4.69) is 46.8 Å². The number of hydrogen-bond donors (Lipinski definition) is 1. The summed E-state index contributed by atoms with van der Waals surface area (Å²) in [5.41, 5.74) is 2.27. The van der Waals surface area contributed by atoms with Gasteiger partial charge in [-0.1, -0.05) is 59.3 Å². The quantitative estimate of drug-likeness (QED) is 0.812. The molecule has 0 aliphatic rings. The lowest BCUT2D eigenvalue weighted by atomic mass is 10.0. The fourth-order valence-electron chi connectivity index (χ4n) is 2.16. The summed E-state index contributed by atoms with van der Waals surface area (Å²) >= 11 is 5.17. The molecule has 0 saturated carbocycles. The molecule has 5 heteroatoms. The summed E-state index contributed by atoms with van der Waals surface area (Å²) in [7, 11) is 2.04. The number of aromatic nitrogens is 1. The molecule has 0 spiro atoms. The summed E-state index contributed by atoms with van der Waals surface area (Å²) in [5.74, 6) is 0.383. The molecule has 0 amide bonds. The van der Waals surface area contributed by atoms with Crippen molar-refractivity contribution >= 4 is 32.4 Å². The molecule has 1 atom stereocenters. The molecule has 0 saturated heterocycles. The summed E-state index contributed by atoms with van der Waals surface area (Å²) in [6.45, 7) is 5.17. The highest BCUT2D eigenvalue weighted by atomic mass is 79.9. The van der Waals surface area contributed by atoms with E-state index in [0.29, 0.717) is 5.92 Å². The van der Waals surface area contributed by atoms with Crippen LogP contribution in [0.2, 0.25) is 0 Å². The minimum Gasteiger partial charge on any atom is -0.391 e. The summed E-state index contributed by atoms with van der Waals surface area (Å²) in [6, 6.07) is 8.22. The van der Waals surface area contributed by atoms with Gasteiger partial charge in [-0.25, -0.2) is 4.98 Å². The summed E-state index contributed by atoms with van der Waals surface area (Å²) in [6.07, 6.45) is 1.03. The van der Waals surface area contributed by atoms with Gasteiger partial charge in [0.05, 0.1) is 17.2 Å². The van der Waals surface area contributed by atoms with E-state index in [4.69, 9.17) is 4.98 Å². The van der Waals surface area contributed by atoms with Crippen LogP contribution >= 0.6 is 27.3 Å². The van der Waals surface area contributed by atoms with Crippen molar-refractivity contribution in [2.24, 2.45) is 0 Å². The van der Waals surface area contributed by atoms with E-state index < -0.39 is 0 Å². The van der Waals surface area contributed by atoms with Gasteiger partial charge >= 0.3 is 0 Å². The van der Waals surface area contributed by atoms with Crippen LogP contribution in [0.5, 0.6) is 0 Å². The Hall–Kier alpha value is -0.910. The minimum absolute atomic E-state index is 0.0697. The Bertz CT molecular complexity index is 600. The number of hydrogen-bond acceptors (Lipinski definition) is 4. The van der Waals surface area contributed by atoms with Gasteiger partial charge in [-0.05, 0) is 24.0 Å². The van der Waals surface area contributed by atoms with Gasteiger partial charge in [-0.15, -0.1) is 0 Å². The first kappa shape index (κ1) is 16.5. The number of aliphatic hydroxyl groups excluding tert-OH is 1. The number of benzene rings is 1. The van der Waals surface area contributed by atoms with E-state index in [-0.39, 0.29) is 6.61 Å². The van der Waals surface area contributed by atoms with Crippen LogP contribution in [0, 0.1) is 0 Å². The average molecular weight is 369 g/mol. The zero-order valence-electron chi connectivity index (χ0n) is 12.6. The Labute approximate surface area is 138 Å². The lowest BCUT2D eigenvalue weighted by Gasteiger charge is -2.16. The zero-order chi connectivity index (χ0) is 15.4. The lowest BCUT2D eigenvalue weighted by Crippen LogP contribution is -2.16. The van der Waals surface area contributed by atoms with Crippen molar-refractivity contribution in [3.8, 4) is 0 Å². The van der Waals surface area contributed by atoms with Crippen LogP contribution in [0.15, 0.2) is 28.7 Å². The Morgan fingerprint density at radius 1 is 1.38 bits per heavy atom. The fraction of sp³-hybridized carbons (Fsp3) is 0.438. The third-order valence-corrected chi connectivity index (χ3v) is 5.57. The predicted molar refractivity (Wildman–Crippen MR) is 93.0 cm³/mol. The fourth-order valence-corrected chi connectivity index (χ4v) is 3.57. The van der Waals surface area contributed by atoms with Crippen LogP contribution in [-0.2, 0) is 13.2 Å². The minimum atomic E-state index is 0.0697. The van der Waals surface area contributed by atoms with Gasteiger partial charge < -0.3 is 10.0 Å². The van der Waals surface area contributed by atoms with Crippen LogP contribution in [-0.4, -0.2) is 17.1 Å². The Morgan fingerprint density at radius 3 is 2.71 bits per heavy atom. The van der Waals surface area contributed by atoms with Gasteiger partial charge in [0.2, 0.25) is 0 Å². The lowest BCUT2D eigenvalue weighted by molar-refractivity contribution is 0.283. The molecule has 2 rings (SSSR count). The van der Waals surface area contributed by atoms with Crippen molar-refractivity contribution in [1.82, 2.24) is 4.98 Å². The smallest absolute Gasteiger partial charge is 0.185 e. The maximum Gasteiger partial charge on any atom is 0.185 e. The molecular formula is C16H21BrN2OS. The highest BCUT2D eigenvalue weighted by Gasteiger charge is 2.17. The molecule has 0 aliphatic heterocycles. The standard InChI is InChI=1S/C16H21BrN2OS/c1-4-11(2)15-14(10-20)21-16(18-15)19(3)9-12-7-5-6-8-13(12)17/h5-8,11,20H,4,9-10H2,1-3H3. The van der Waals surface area contributed by atoms with Crippen molar-refractivity contribution < 1.29 is 5.11 Å².